The summed E-state index contributed by atoms with van der Waals surface area (Å²) in [6.45, 7) is 6.63. The van der Waals surface area contributed by atoms with E-state index in [-0.39, 0.29) is 6.03 Å². The van der Waals surface area contributed by atoms with Crippen molar-refractivity contribution in [1.82, 2.24) is 20.0 Å². The number of amides is 2. The second kappa shape index (κ2) is 5.75. The van der Waals surface area contributed by atoms with Gasteiger partial charge in [0.05, 0.1) is 17.6 Å². The Labute approximate surface area is 119 Å². The number of nitrogens with one attached hydrogen (secondary N) is 1. The number of nitrogens with zero attached hydrogens (tertiary/aromatic N) is 4. The van der Waals surface area contributed by atoms with Crippen molar-refractivity contribution in [2.75, 3.05) is 38.0 Å². The molecule has 1 saturated carbocycles. The molecule has 0 aromatic carbocycles. The van der Waals surface area contributed by atoms with Crippen LogP contribution in [-0.2, 0) is 0 Å². The number of carbonyl (C=O) groups is 1. The zero-order chi connectivity index (χ0) is 13.9. The van der Waals surface area contributed by atoms with Crippen molar-refractivity contribution < 1.29 is 4.79 Å². The molecule has 1 aromatic rings. The van der Waals surface area contributed by atoms with Crippen molar-refractivity contribution in [3.63, 3.8) is 0 Å². The van der Waals surface area contributed by atoms with Crippen molar-refractivity contribution in [2.24, 2.45) is 5.92 Å². The van der Waals surface area contributed by atoms with Crippen LogP contribution in [0.2, 0.25) is 0 Å². The van der Waals surface area contributed by atoms with Crippen LogP contribution in [0.4, 0.5) is 10.5 Å². The Morgan fingerprint density at radius 3 is 2.75 bits per heavy atom. The standard InChI is InChI=1S/C14H21N5O/c1-11-13(4-5-15-17-11)16-14(20)19-8-6-18(7-9-19)10-12-2-3-12/h4-5,12H,2-3,6-10H2,1H3,(H,15,16,20). The van der Waals surface area contributed by atoms with Crippen LogP contribution in [0.1, 0.15) is 18.5 Å². The fourth-order valence-corrected chi connectivity index (χ4v) is 2.53. The summed E-state index contributed by atoms with van der Waals surface area (Å²) in [5, 5.41) is 10.6. The summed E-state index contributed by atoms with van der Waals surface area (Å²) in [5.41, 5.74) is 1.48. The number of anilines is 1. The minimum Gasteiger partial charge on any atom is -0.322 e. The molecule has 1 saturated heterocycles. The number of urea groups is 1. The van der Waals surface area contributed by atoms with Gasteiger partial charge in [0.25, 0.3) is 0 Å². The van der Waals surface area contributed by atoms with E-state index in [1.807, 2.05) is 11.8 Å². The number of aryl methyl sites for hydroxylation is 1. The van der Waals surface area contributed by atoms with E-state index in [0.717, 1.165) is 43.5 Å². The van der Waals surface area contributed by atoms with Gasteiger partial charge in [0.15, 0.2) is 0 Å². The maximum Gasteiger partial charge on any atom is 0.321 e. The first-order chi connectivity index (χ1) is 9.72. The van der Waals surface area contributed by atoms with E-state index in [9.17, 15) is 4.79 Å². The minimum atomic E-state index is -0.0350. The number of hydrogen-bond donors (Lipinski definition) is 1. The van der Waals surface area contributed by atoms with Crippen LogP contribution in [0.15, 0.2) is 12.3 Å². The Morgan fingerprint density at radius 1 is 1.35 bits per heavy atom. The van der Waals surface area contributed by atoms with Gasteiger partial charge in [0.2, 0.25) is 0 Å². The van der Waals surface area contributed by atoms with E-state index >= 15 is 0 Å². The molecule has 1 aliphatic carbocycles. The third-order valence-corrected chi connectivity index (χ3v) is 4.02. The monoisotopic (exact) mass is 275 g/mol. The quantitative estimate of drug-likeness (QED) is 0.904. The van der Waals surface area contributed by atoms with Crippen molar-refractivity contribution in [3.8, 4) is 0 Å². The average molecular weight is 275 g/mol. The summed E-state index contributed by atoms with van der Waals surface area (Å²) in [5.74, 6) is 0.918. The van der Waals surface area contributed by atoms with E-state index in [0.29, 0.717) is 0 Å². The largest absolute Gasteiger partial charge is 0.322 e. The highest BCUT2D eigenvalue weighted by atomic mass is 16.2. The van der Waals surface area contributed by atoms with Gasteiger partial charge >= 0.3 is 6.03 Å². The van der Waals surface area contributed by atoms with Gasteiger partial charge < -0.3 is 10.2 Å². The van der Waals surface area contributed by atoms with E-state index < -0.39 is 0 Å². The Kier molecular flexibility index (Phi) is 3.82. The molecule has 1 aliphatic heterocycles. The highest BCUT2D eigenvalue weighted by molar-refractivity contribution is 5.89. The molecule has 1 aromatic heterocycles. The smallest absolute Gasteiger partial charge is 0.321 e. The van der Waals surface area contributed by atoms with E-state index in [4.69, 9.17) is 0 Å². The number of carbonyl (C=O) groups excluding carboxylic acids is 1. The topological polar surface area (TPSA) is 61.4 Å². The van der Waals surface area contributed by atoms with Crippen molar-refractivity contribution in [1.29, 1.82) is 0 Å². The third kappa shape index (κ3) is 3.25. The Hall–Kier alpha value is -1.69. The molecule has 0 bridgehead atoms. The van der Waals surface area contributed by atoms with Crippen molar-refractivity contribution in [2.45, 2.75) is 19.8 Å². The van der Waals surface area contributed by atoms with Crippen LogP contribution in [0, 0.1) is 12.8 Å². The minimum absolute atomic E-state index is 0.0350. The third-order valence-electron chi connectivity index (χ3n) is 4.02. The SMILES string of the molecule is Cc1nnccc1NC(=O)N1CCN(CC2CC2)CC1. The highest BCUT2D eigenvalue weighted by Crippen LogP contribution is 2.29. The molecule has 2 heterocycles. The van der Waals surface area contributed by atoms with Gasteiger partial charge in [0, 0.05) is 32.7 Å². The molecule has 0 spiro atoms. The summed E-state index contributed by atoms with van der Waals surface area (Å²) in [7, 11) is 0. The Balaban J connectivity index is 1.50. The van der Waals surface area contributed by atoms with Gasteiger partial charge in [-0.2, -0.15) is 10.2 Å². The molecule has 108 valence electrons. The Morgan fingerprint density at radius 2 is 2.10 bits per heavy atom. The fourth-order valence-electron chi connectivity index (χ4n) is 2.53. The molecule has 3 rings (SSSR count). The summed E-state index contributed by atoms with van der Waals surface area (Å²) in [6.07, 6.45) is 4.36. The summed E-state index contributed by atoms with van der Waals surface area (Å²) >= 11 is 0. The van der Waals surface area contributed by atoms with Crippen LogP contribution < -0.4 is 5.32 Å². The predicted octanol–water partition coefficient (Wildman–Crippen LogP) is 1.34. The normalized spacial score (nSPS) is 19.9. The van der Waals surface area contributed by atoms with Crippen molar-refractivity contribution in [3.05, 3.63) is 18.0 Å². The number of piperazine rings is 1. The van der Waals surface area contributed by atoms with Gasteiger partial charge in [-0.15, -0.1) is 0 Å². The van der Waals surface area contributed by atoms with Gasteiger partial charge in [-0.3, -0.25) is 4.90 Å². The van der Waals surface area contributed by atoms with Crippen LogP contribution in [0.5, 0.6) is 0 Å². The lowest BCUT2D eigenvalue weighted by Gasteiger charge is -2.34. The molecular weight excluding hydrogens is 254 g/mol. The first-order valence-electron chi connectivity index (χ1n) is 7.29. The zero-order valence-electron chi connectivity index (χ0n) is 11.9. The van der Waals surface area contributed by atoms with Crippen LogP contribution in [0.3, 0.4) is 0 Å². The highest BCUT2D eigenvalue weighted by Gasteiger charge is 2.27. The molecule has 1 N–H and O–H groups in total. The van der Waals surface area contributed by atoms with Gasteiger partial charge in [-0.1, -0.05) is 0 Å². The molecule has 2 aliphatic rings. The summed E-state index contributed by atoms with van der Waals surface area (Å²) in [4.78, 5) is 16.6. The summed E-state index contributed by atoms with van der Waals surface area (Å²) in [6, 6.07) is 1.75. The molecule has 6 nitrogen and oxygen atoms in total. The maximum atomic E-state index is 12.2. The molecule has 2 amide bonds. The number of aromatic nitrogens is 2. The second-order valence-corrected chi connectivity index (χ2v) is 5.69. The van der Waals surface area contributed by atoms with Crippen LogP contribution >= 0.6 is 0 Å². The molecule has 6 heteroatoms. The lowest BCUT2D eigenvalue weighted by Crippen LogP contribution is -2.50. The van der Waals surface area contributed by atoms with E-state index in [1.165, 1.54) is 19.4 Å². The average Bonchev–Trinajstić information content (AvgIpc) is 3.26. The van der Waals surface area contributed by atoms with Crippen LogP contribution in [-0.4, -0.2) is 58.8 Å². The number of rotatable bonds is 3. The van der Waals surface area contributed by atoms with Crippen molar-refractivity contribution >= 4 is 11.7 Å². The zero-order valence-corrected chi connectivity index (χ0v) is 11.9. The maximum absolute atomic E-state index is 12.2. The first kappa shape index (κ1) is 13.3. The predicted molar refractivity (Wildman–Crippen MR) is 76.5 cm³/mol. The lowest BCUT2D eigenvalue weighted by atomic mass is 10.3. The molecule has 2 fully saturated rings. The van der Waals surface area contributed by atoms with Crippen LogP contribution in [0.25, 0.3) is 0 Å². The number of hydrogen-bond acceptors (Lipinski definition) is 4. The molecular formula is C14H21N5O. The first-order valence-corrected chi connectivity index (χ1v) is 7.29. The lowest BCUT2D eigenvalue weighted by molar-refractivity contribution is 0.144. The van der Waals surface area contributed by atoms with Gasteiger partial charge in [-0.25, -0.2) is 4.79 Å². The molecule has 20 heavy (non-hydrogen) atoms. The molecule has 0 atom stereocenters. The molecule has 0 unspecified atom stereocenters. The van der Waals surface area contributed by atoms with E-state index in [2.05, 4.69) is 20.4 Å². The Bertz CT molecular complexity index is 480. The van der Waals surface area contributed by atoms with Gasteiger partial charge in [0.1, 0.15) is 0 Å². The summed E-state index contributed by atoms with van der Waals surface area (Å²) < 4.78 is 0. The van der Waals surface area contributed by atoms with Gasteiger partial charge in [-0.05, 0) is 31.7 Å². The van der Waals surface area contributed by atoms with E-state index in [1.54, 1.807) is 12.3 Å². The second-order valence-electron chi connectivity index (χ2n) is 5.69. The fraction of sp³-hybridized carbons (Fsp3) is 0.643. The molecule has 0 radical (unpaired) electrons.